The van der Waals surface area contributed by atoms with Gasteiger partial charge in [-0.25, -0.2) is 0 Å². The summed E-state index contributed by atoms with van der Waals surface area (Å²) in [4.78, 5) is 19.1. The number of hydrogen-bond donors (Lipinski definition) is 0. The van der Waals surface area contributed by atoms with Crippen molar-refractivity contribution in [2.24, 2.45) is 46.1 Å². The fraction of sp³-hybridized carbons (Fsp3) is 0.871. The van der Waals surface area contributed by atoms with Gasteiger partial charge in [0.2, 0.25) is 0 Å². The molecule has 6 nitrogen and oxygen atoms in total. The molecule has 0 heterocycles. The largest absolute Gasteiger partial charge is 0.417 e. The van der Waals surface area contributed by atoms with Crippen LogP contribution in [0, 0.1) is 40.9 Å². The number of rotatable bonds is 11. The summed E-state index contributed by atoms with van der Waals surface area (Å²) in [5, 5.41) is 4.30. The van der Waals surface area contributed by atoms with Crippen molar-refractivity contribution in [3.63, 3.8) is 0 Å². The van der Waals surface area contributed by atoms with E-state index in [0.29, 0.717) is 35.4 Å². The lowest BCUT2D eigenvalue weighted by molar-refractivity contribution is -0.140. The van der Waals surface area contributed by atoms with Gasteiger partial charge in [0.1, 0.15) is 7.11 Å². The van der Waals surface area contributed by atoms with Crippen LogP contribution in [0.25, 0.3) is 0 Å². The van der Waals surface area contributed by atoms with E-state index in [1.807, 2.05) is 0 Å². The normalized spacial score (nSPS) is 35.5. The maximum atomic E-state index is 14.0. The quantitative estimate of drug-likeness (QED) is 0.180. The molecular weight excluding hydrogens is 551 g/mol. The molecule has 7 atom stereocenters. The van der Waals surface area contributed by atoms with E-state index >= 15 is 0 Å². The molecule has 4 rings (SSSR count). The van der Waals surface area contributed by atoms with E-state index in [0.717, 1.165) is 57.5 Å². The minimum atomic E-state index is -1.78. The summed E-state index contributed by atoms with van der Waals surface area (Å²) in [6.07, 6.45) is 9.97. The molecular formula is C31H57NO5Si3. The highest BCUT2D eigenvalue weighted by molar-refractivity contribution is 6.70. The Morgan fingerprint density at radius 3 is 2.20 bits per heavy atom. The molecule has 0 aromatic rings. The van der Waals surface area contributed by atoms with Crippen LogP contribution in [0.1, 0.15) is 44.9 Å². The number of ketones is 1. The Morgan fingerprint density at radius 1 is 0.900 bits per heavy atom. The van der Waals surface area contributed by atoms with Crippen LogP contribution in [-0.4, -0.2) is 63.4 Å². The van der Waals surface area contributed by atoms with Gasteiger partial charge in [-0.1, -0.05) is 10.7 Å². The average Bonchev–Trinajstić information content (AvgIpc) is 3.23. The first-order valence-corrected chi connectivity index (χ1v) is 26.0. The van der Waals surface area contributed by atoms with Gasteiger partial charge in [-0.3, -0.25) is 4.79 Å². The van der Waals surface area contributed by atoms with Crippen molar-refractivity contribution in [2.75, 3.05) is 26.9 Å². The van der Waals surface area contributed by atoms with E-state index in [2.05, 4.69) is 70.2 Å². The lowest BCUT2D eigenvalue weighted by Gasteiger charge is -2.58. The van der Waals surface area contributed by atoms with Gasteiger partial charge in [0, 0.05) is 24.5 Å². The Balaban J connectivity index is 1.71. The molecule has 7 unspecified atom stereocenters. The summed E-state index contributed by atoms with van der Waals surface area (Å²) in [6, 6.07) is 0. The predicted octanol–water partition coefficient (Wildman–Crippen LogP) is 7.51. The molecule has 9 heteroatoms. The fourth-order valence-electron chi connectivity index (χ4n) is 8.49. The smallest absolute Gasteiger partial charge is 0.184 e. The number of carbonyl (C=O) groups excluding carboxylic acids is 1. The molecule has 4 aliphatic carbocycles. The van der Waals surface area contributed by atoms with Crippen molar-refractivity contribution < 1.29 is 22.9 Å². The van der Waals surface area contributed by atoms with Crippen LogP contribution in [0.3, 0.4) is 0 Å². The average molecular weight is 608 g/mol. The number of fused-ring (bicyclic) bond motifs is 5. The van der Waals surface area contributed by atoms with Crippen LogP contribution >= 0.6 is 0 Å². The van der Waals surface area contributed by atoms with E-state index in [4.69, 9.17) is 18.1 Å². The first kappa shape index (κ1) is 32.3. The van der Waals surface area contributed by atoms with Crippen LogP contribution in [0.2, 0.25) is 58.9 Å². The van der Waals surface area contributed by atoms with E-state index in [9.17, 15) is 4.79 Å². The second-order valence-electron chi connectivity index (χ2n) is 16.0. The summed E-state index contributed by atoms with van der Waals surface area (Å²) >= 11 is 0. The molecule has 0 spiro atoms. The van der Waals surface area contributed by atoms with Gasteiger partial charge < -0.3 is 18.1 Å². The van der Waals surface area contributed by atoms with Crippen LogP contribution in [0.15, 0.2) is 16.8 Å². The lowest BCUT2D eigenvalue weighted by Crippen LogP contribution is -2.56. The summed E-state index contributed by atoms with van der Waals surface area (Å²) in [5.41, 5.74) is 2.55. The molecule has 3 saturated carbocycles. The van der Waals surface area contributed by atoms with Crippen molar-refractivity contribution >= 4 is 36.4 Å². The number of Topliss-reactive ketones (excluding diaryl/α,β-unsaturated/α-hetero) is 1. The number of hydrogen-bond acceptors (Lipinski definition) is 6. The Labute approximate surface area is 247 Å². The van der Waals surface area contributed by atoms with Crippen molar-refractivity contribution in [2.45, 2.75) is 104 Å². The molecule has 0 bridgehead atoms. The molecule has 0 aliphatic heterocycles. The standard InChI is InChI=1S/C31H57NO5Si3/c1-34-32-24-12-14-25-22(17-24)11-13-26-27-15-16-28(29(33)20-36-39(5,6)7)31(27,21-37-40(8,9)10)18-23(30(25)26)19-35-38(2,3)4/h17,23,25-28,30H,11-16,18-21H2,1-10H3/b32-24+. The summed E-state index contributed by atoms with van der Waals surface area (Å²) in [5.74, 6) is 3.15. The fourth-order valence-corrected chi connectivity index (χ4v) is 10.5. The number of nitrogens with zero attached hydrogens (tertiary/aromatic N) is 1. The molecule has 0 radical (unpaired) electrons. The molecule has 40 heavy (non-hydrogen) atoms. The molecule has 3 fully saturated rings. The Kier molecular flexibility index (Phi) is 9.85. The second-order valence-corrected chi connectivity index (χ2v) is 29.6. The van der Waals surface area contributed by atoms with Gasteiger partial charge in [-0.05, 0) is 140 Å². The summed E-state index contributed by atoms with van der Waals surface area (Å²) in [7, 11) is -3.60. The third kappa shape index (κ3) is 7.48. The van der Waals surface area contributed by atoms with Gasteiger partial charge in [-0.15, -0.1) is 0 Å². The van der Waals surface area contributed by atoms with Crippen LogP contribution < -0.4 is 0 Å². The van der Waals surface area contributed by atoms with Crippen molar-refractivity contribution in [3.8, 4) is 0 Å². The van der Waals surface area contributed by atoms with Crippen molar-refractivity contribution in [1.29, 1.82) is 0 Å². The van der Waals surface area contributed by atoms with Crippen LogP contribution in [0.4, 0.5) is 0 Å². The van der Waals surface area contributed by atoms with Gasteiger partial charge in [0.15, 0.2) is 30.7 Å². The number of allylic oxidation sites excluding steroid dienone is 2. The van der Waals surface area contributed by atoms with Gasteiger partial charge >= 0.3 is 0 Å². The zero-order valence-electron chi connectivity index (χ0n) is 27.1. The summed E-state index contributed by atoms with van der Waals surface area (Å²) in [6.45, 7) is 22.1. The Hall–Kier alpha value is -0.589. The van der Waals surface area contributed by atoms with Crippen molar-refractivity contribution in [3.05, 3.63) is 11.6 Å². The maximum absolute atomic E-state index is 14.0. The molecule has 0 aromatic heterocycles. The van der Waals surface area contributed by atoms with E-state index in [1.54, 1.807) is 12.7 Å². The third-order valence-corrected chi connectivity index (χ3v) is 13.0. The molecule has 4 aliphatic rings. The first-order valence-electron chi connectivity index (χ1n) is 15.8. The van der Waals surface area contributed by atoms with Gasteiger partial charge in [-0.2, -0.15) is 0 Å². The van der Waals surface area contributed by atoms with E-state index in [1.165, 1.54) is 6.42 Å². The number of oxime groups is 1. The topological polar surface area (TPSA) is 66.3 Å². The molecule has 0 N–H and O–H groups in total. The van der Waals surface area contributed by atoms with Gasteiger partial charge in [0.25, 0.3) is 0 Å². The maximum Gasteiger partial charge on any atom is 0.184 e. The predicted molar refractivity (Wildman–Crippen MR) is 171 cm³/mol. The Bertz CT molecular complexity index is 979. The summed E-state index contributed by atoms with van der Waals surface area (Å²) < 4.78 is 19.7. The second kappa shape index (κ2) is 12.2. The zero-order chi connectivity index (χ0) is 29.5. The minimum absolute atomic E-state index is 0.0317. The number of carbonyl (C=O) groups is 1. The van der Waals surface area contributed by atoms with E-state index < -0.39 is 25.0 Å². The van der Waals surface area contributed by atoms with Crippen LogP contribution in [-0.2, 0) is 22.9 Å². The van der Waals surface area contributed by atoms with E-state index in [-0.39, 0.29) is 17.9 Å². The zero-order valence-corrected chi connectivity index (χ0v) is 30.1. The highest BCUT2D eigenvalue weighted by atomic mass is 28.4. The molecule has 0 aromatic carbocycles. The molecule has 0 amide bonds. The Morgan fingerprint density at radius 2 is 1.57 bits per heavy atom. The third-order valence-electron chi connectivity index (χ3n) is 9.92. The SMILES string of the molecule is CO/N=C1/C=C2CCC3C(C(CO[Si](C)(C)C)CC4(CO[Si](C)(C)C)C(C(=O)CO[Si](C)(C)C)CCC34)C2CC1. The highest BCUT2D eigenvalue weighted by Crippen LogP contribution is 2.66. The first-order chi connectivity index (χ1) is 18.5. The van der Waals surface area contributed by atoms with Crippen LogP contribution in [0.5, 0.6) is 0 Å². The molecule has 228 valence electrons. The molecule has 0 saturated heterocycles. The minimum Gasteiger partial charge on any atom is -0.417 e. The lowest BCUT2D eigenvalue weighted by atomic mass is 9.47. The van der Waals surface area contributed by atoms with Gasteiger partial charge in [0.05, 0.1) is 12.3 Å². The highest BCUT2D eigenvalue weighted by Gasteiger charge is 2.63. The monoisotopic (exact) mass is 607 g/mol. The van der Waals surface area contributed by atoms with Crippen molar-refractivity contribution in [1.82, 2.24) is 0 Å².